The first kappa shape index (κ1) is 17.2. The van der Waals surface area contributed by atoms with Crippen molar-refractivity contribution in [2.75, 3.05) is 13.2 Å². The first-order chi connectivity index (χ1) is 12.2. The molecular formula is C19H22N2O4. The predicted molar refractivity (Wildman–Crippen MR) is 91.4 cm³/mol. The van der Waals surface area contributed by atoms with Crippen LogP contribution in [0.4, 0.5) is 0 Å². The third kappa shape index (κ3) is 4.48. The van der Waals surface area contributed by atoms with Crippen molar-refractivity contribution in [3.63, 3.8) is 0 Å². The monoisotopic (exact) mass is 342 g/mol. The van der Waals surface area contributed by atoms with Gasteiger partial charge in [0.1, 0.15) is 5.76 Å². The molecule has 0 radical (unpaired) electrons. The van der Waals surface area contributed by atoms with Crippen LogP contribution >= 0.6 is 0 Å². The van der Waals surface area contributed by atoms with Crippen LogP contribution in [0.15, 0.2) is 53.1 Å². The number of carbonyl (C=O) groups is 2. The van der Waals surface area contributed by atoms with Gasteiger partial charge in [-0.1, -0.05) is 30.3 Å². The standard InChI is InChI=1S/C19H22N2O4/c22-13-16(9-14-5-2-1-3-6-14)20-19(24)15-10-18(23)21(11-15)12-17-7-4-8-25-17/h1-8,15-16,22H,9-13H2,(H,20,24)/t15-,16+/m1/s1. The molecular weight excluding hydrogens is 320 g/mol. The van der Waals surface area contributed by atoms with Gasteiger partial charge in [-0.25, -0.2) is 0 Å². The highest BCUT2D eigenvalue weighted by atomic mass is 16.3. The third-order valence-corrected chi connectivity index (χ3v) is 4.40. The number of likely N-dealkylation sites (tertiary alicyclic amines) is 1. The van der Waals surface area contributed by atoms with E-state index in [-0.39, 0.29) is 30.9 Å². The smallest absolute Gasteiger partial charge is 0.225 e. The van der Waals surface area contributed by atoms with Gasteiger partial charge in [0, 0.05) is 13.0 Å². The van der Waals surface area contributed by atoms with E-state index >= 15 is 0 Å². The molecule has 2 atom stereocenters. The second kappa shape index (κ2) is 7.98. The number of furan rings is 1. The molecule has 25 heavy (non-hydrogen) atoms. The van der Waals surface area contributed by atoms with Crippen molar-refractivity contribution in [2.24, 2.45) is 5.92 Å². The van der Waals surface area contributed by atoms with E-state index in [1.54, 1.807) is 17.2 Å². The van der Waals surface area contributed by atoms with E-state index in [1.165, 1.54) is 0 Å². The van der Waals surface area contributed by atoms with E-state index in [2.05, 4.69) is 5.32 Å². The van der Waals surface area contributed by atoms with Crippen LogP contribution in [-0.4, -0.2) is 41.0 Å². The Morgan fingerprint density at radius 1 is 1.28 bits per heavy atom. The summed E-state index contributed by atoms with van der Waals surface area (Å²) in [5.41, 5.74) is 1.05. The highest BCUT2D eigenvalue weighted by Gasteiger charge is 2.35. The van der Waals surface area contributed by atoms with Gasteiger partial charge in [0.25, 0.3) is 0 Å². The molecule has 2 aromatic rings. The Morgan fingerprint density at radius 3 is 2.76 bits per heavy atom. The van der Waals surface area contributed by atoms with Gasteiger partial charge in [0.05, 0.1) is 31.4 Å². The number of aliphatic hydroxyl groups excluding tert-OH is 1. The predicted octanol–water partition coefficient (Wildman–Crippen LogP) is 1.35. The number of amides is 2. The number of nitrogens with zero attached hydrogens (tertiary/aromatic N) is 1. The lowest BCUT2D eigenvalue weighted by atomic mass is 10.0. The van der Waals surface area contributed by atoms with Crippen LogP contribution in [-0.2, 0) is 22.6 Å². The van der Waals surface area contributed by atoms with E-state index in [1.807, 2.05) is 36.4 Å². The van der Waals surface area contributed by atoms with E-state index in [0.717, 1.165) is 5.56 Å². The number of rotatable bonds is 7. The first-order valence-corrected chi connectivity index (χ1v) is 8.41. The minimum Gasteiger partial charge on any atom is -0.467 e. The Hall–Kier alpha value is -2.60. The number of hydrogen-bond acceptors (Lipinski definition) is 4. The summed E-state index contributed by atoms with van der Waals surface area (Å²) in [6.45, 7) is 0.606. The molecule has 0 saturated carbocycles. The molecule has 1 aromatic carbocycles. The molecule has 0 bridgehead atoms. The lowest BCUT2D eigenvalue weighted by Crippen LogP contribution is -2.43. The highest BCUT2D eigenvalue weighted by molar-refractivity contribution is 5.89. The van der Waals surface area contributed by atoms with Crippen LogP contribution in [0.25, 0.3) is 0 Å². The van der Waals surface area contributed by atoms with Gasteiger partial charge in [-0.05, 0) is 24.1 Å². The molecule has 6 heteroatoms. The zero-order valence-electron chi connectivity index (χ0n) is 13.9. The zero-order valence-corrected chi connectivity index (χ0v) is 13.9. The van der Waals surface area contributed by atoms with Crippen LogP contribution in [0.3, 0.4) is 0 Å². The van der Waals surface area contributed by atoms with Crippen molar-refractivity contribution < 1.29 is 19.1 Å². The molecule has 2 amide bonds. The van der Waals surface area contributed by atoms with Crippen molar-refractivity contribution in [3.05, 3.63) is 60.1 Å². The fraction of sp³-hybridized carbons (Fsp3) is 0.368. The Kier molecular flexibility index (Phi) is 5.50. The number of nitrogens with one attached hydrogen (secondary N) is 1. The molecule has 1 aliphatic rings. The fourth-order valence-corrected chi connectivity index (χ4v) is 3.07. The van der Waals surface area contributed by atoms with Crippen molar-refractivity contribution in [1.82, 2.24) is 10.2 Å². The largest absolute Gasteiger partial charge is 0.467 e. The molecule has 1 aromatic heterocycles. The van der Waals surface area contributed by atoms with E-state index < -0.39 is 5.92 Å². The summed E-state index contributed by atoms with van der Waals surface area (Å²) in [5.74, 6) is 0.0597. The molecule has 0 unspecified atom stereocenters. The molecule has 0 spiro atoms. The summed E-state index contributed by atoms with van der Waals surface area (Å²) in [7, 11) is 0. The van der Waals surface area contributed by atoms with Crippen LogP contribution in [0.2, 0.25) is 0 Å². The molecule has 2 heterocycles. The topological polar surface area (TPSA) is 82.8 Å². The first-order valence-electron chi connectivity index (χ1n) is 8.41. The maximum absolute atomic E-state index is 12.5. The van der Waals surface area contributed by atoms with Crippen LogP contribution in [0.5, 0.6) is 0 Å². The van der Waals surface area contributed by atoms with Gasteiger partial charge in [-0.15, -0.1) is 0 Å². The summed E-state index contributed by atoms with van der Waals surface area (Å²) >= 11 is 0. The SMILES string of the molecule is O=C(N[C@H](CO)Cc1ccccc1)[C@@H]1CC(=O)N(Cc2ccco2)C1. The van der Waals surface area contributed by atoms with Crippen molar-refractivity contribution >= 4 is 11.8 Å². The Morgan fingerprint density at radius 2 is 2.08 bits per heavy atom. The normalized spacial score (nSPS) is 18.4. The molecule has 1 fully saturated rings. The summed E-state index contributed by atoms with van der Waals surface area (Å²) in [6.07, 6.45) is 2.31. The average molecular weight is 342 g/mol. The second-order valence-corrected chi connectivity index (χ2v) is 6.33. The molecule has 3 rings (SSSR count). The maximum Gasteiger partial charge on any atom is 0.225 e. The maximum atomic E-state index is 12.5. The van der Waals surface area contributed by atoms with E-state index in [9.17, 15) is 14.7 Å². The van der Waals surface area contributed by atoms with Gasteiger partial charge in [-0.3, -0.25) is 9.59 Å². The number of hydrogen-bond donors (Lipinski definition) is 2. The lowest BCUT2D eigenvalue weighted by molar-refractivity contribution is -0.129. The van der Waals surface area contributed by atoms with Crippen molar-refractivity contribution in [1.29, 1.82) is 0 Å². The van der Waals surface area contributed by atoms with Crippen molar-refractivity contribution in [3.8, 4) is 0 Å². The van der Waals surface area contributed by atoms with Gasteiger partial charge in [0.15, 0.2) is 0 Å². The molecule has 132 valence electrons. The van der Waals surface area contributed by atoms with Gasteiger partial charge >= 0.3 is 0 Å². The molecule has 1 aliphatic heterocycles. The quantitative estimate of drug-likeness (QED) is 0.796. The second-order valence-electron chi connectivity index (χ2n) is 6.33. The number of aliphatic hydroxyl groups is 1. The highest BCUT2D eigenvalue weighted by Crippen LogP contribution is 2.21. The van der Waals surface area contributed by atoms with Gasteiger partial charge in [-0.2, -0.15) is 0 Å². The van der Waals surface area contributed by atoms with Crippen LogP contribution < -0.4 is 5.32 Å². The molecule has 2 N–H and O–H groups in total. The molecule has 1 saturated heterocycles. The van der Waals surface area contributed by atoms with Gasteiger partial charge in [0.2, 0.25) is 11.8 Å². The Bertz CT molecular complexity index is 699. The lowest BCUT2D eigenvalue weighted by Gasteiger charge is -2.19. The summed E-state index contributed by atoms with van der Waals surface area (Å²) in [6, 6.07) is 12.9. The average Bonchev–Trinajstić information content (AvgIpc) is 3.26. The minimum absolute atomic E-state index is 0.0554. The number of benzene rings is 1. The molecule has 0 aliphatic carbocycles. The minimum atomic E-state index is -0.396. The summed E-state index contributed by atoms with van der Waals surface area (Å²) in [5, 5.41) is 12.4. The van der Waals surface area contributed by atoms with Crippen LogP contribution in [0.1, 0.15) is 17.7 Å². The van der Waals surface area contributed by atoms with Gasteiger partial charge < -0.3 is 19.7 Å². The van der Waals surface area contributed by atoms with E-state index in [4.69, 9.17) is 4.42 Å². The fourth-order valence-electron chi connectivity index (χ4n) is 3.07. The number of carbonyl (C=O) groups excluding carboxylic acids is 2. The third-order valence-electron chi connectivity index (χ3n) is 4.40. The van der Waals surface area contributed by atoms with Crippen molar-refractivity contribution in [2.45, 2.75) is 25.4 Å². The van der Waals surface area contributed by atoms with E-state index in [0.29, 0.717) is 25.3 Å². The Balaban J connectivity index is 1.54. The Labute approximate surface area is 146 Å². The zero-order chi connectivity index (χ0) is 17.6. The summed E-state index contributed by atoms with van der Waals surface area (Å²) in [4.78, 5) is 26.2. The molecule has 6 nitrogen and oxygen atoms in total. The summed E-state index contributed by atoms with van der Waals surface area (Å²) < 4.78 is 5.26. The van der Waals surface area contributed by atoms with Crippen LogP contribution in [0, 0.1) is 5.92 Å².